The van der Waals surface area contributed by atoms with Crippen LogP contribution in [0.3, 0.4) is 0 Å². The van der Waals surface area contributed by atoms with Crippen molar-refractivity contribution in [3.63, 3.8) is 0 Å². The Kier molecular flexibility index (Phi) is 3.24. The predicted molar refractivity (Wildman–Crippen MR) is 77.4 cm³/mol. The van der Waals surface area contributed by atoms with Crippen molar-refractivity contribution in [2.24, 2.45) is 11.8 Å². The van der Waals surface area contributed by atoms with Gasteiger partial charge in [-0.1, -0.05) is 36.5 Å². The molecule has 3 aliphatic rings. The van der Waals surface area contributed by atoms with Crippen LogP contribution >= 0.6 is 0 Å². The molecule has 2 heteroatoms. The standard InChI is InChI=1S/C17H19NO/c1-12(19)13-6-8-14(9-7-13)17-11-18-10-15-4-2-3-5-16(15)17/h2-6,8,11,15-16,18H,7,9-10H2,1H3. The molecule has 0 aromatic heterocycles. The van der Waals surface area contributed by atoms with Crippen LogP contribution in [0.15, 0.2) is 59.4 Å². The summed E-state index contributed by atoms with van der Waals surface area (Å²) in [4.78, 5) is 11.4. The number of allylic oxidation sites excluding steroid dienone is 8. The summed E-state index contributed by atoms with van der Waals surface area (Å²) < 4.78 is 0. The maximum absolute atomic E-state index is 11.4. The Hall–Kier alpha value is -1.83. The third-order valence-corrected chi connectivity index (χ3v) is 4.19. The van der Waals surface area contributed by atoms with E-state index in [0.717, 1.165) is 25.0 Å². The van der Waals surface area contributed by atoms with Crippen molar-refractivity contribution in [1.82, 2.24) is 5.32 Å². The van der Waals surface area contributed by atoms with Gasteiger partial charge in [-0.2, -0.15) is 0 Å². The van der Waals surface area contributed by atoms with Crippen LogP contribution in [0.4, 0.5) is 0 Å². The number of rotatable bonds is 2. The molecule has 2 nitrogen and oxygen atoms in total. The van der Waals surface area contributed by atoms with Gasteiger partial charge in [0.15, 0.2) is 5.78 Å². The SMILES string of the molecule is CC(=O)C1=CC=C(C2=CNCC3C=CC=CC23)CC1. The summed E-state index contributed by atoms with van der Waals surface area (Å²) in [6.45, 7) is 2.66. The van der Waals surface area contributed by atoms with Crippen molar-refractivity contribution in [2.75, 3.05) is 6.54 Å². The van der Waals surface area contributed by atoms with E-state index in [4.69, 9.17) is 0 Å². The number of ketones is 1. The molecule has 98 valence electrons. The summed E-state index contributed by atoms with van der Waals surface area (Å²) >= 11 is 0. The number of carbonyl (C=O) groups excluding carboxylic acids is 1. The highest BCUT2D eigenvalue weighted by molar-refractivity contribution is 5.93. The van der Waals surface area contributed by atoms with Crippen LogP contribution in [0, 0.1) is 11.8 Å². The zero-order valence-electron chi connectivity index (χ0n) is 11.2. The Labute approximate surface area is 114 Å². The number of carbonyl (C=O) groups is 1. The third kappa shape index (κ3) is 2.35. The first kappa shape index (κ1) is 12.2. The molecule has 0 aromatic carbocycles. The minimum Gasteiger partial charge on any atom is -0.390 e. The van der Waals surface area contributed by atoms with Crippen LogP contribution in [0.25, 0.3) is 0 Å². The topological polar surface area (TPSA) is 29.1 Å². The molecular weight excluding hydrogens is 234 g/mol. The van der Waals surface area contributed by atoms with E-state index in [2.05, 4.69) is 41.9 Å². The summed E-state index contributed by atoms with van der Waals surface area (Å²) in [5, 5.41) is 3.39. The van der Waals surface area contributed by atoms with Crippen LogP contribution in [0.5, 0.6) is 0 Å². The summed E-state index contributed by atoms with van der Waals surface area (Å²) in [5.41, 5.74) is 3.70. The molecule has 1 aliphatic heterocycles. The highest BCUT2D eigenvalue weighted by Crippen LogP contribution is 2.36. The second kappa shape index (κ2) is 5.04. The lowest BCUT2D eigenvalue weighted by molar-refractivity contribution is -0.113. The molecule has 0 saturated carbocycles. The van der Waals surface area contributed by atoms with E-state index in [9.17, 15) is 4.79 Å². The van der Waals surface area contributed by atoms with Crippen molar-refractivity contribution in [1.29, 1.82) is 0 Å². The van der Waals surface area contributed by atoms with E-state index in [1.165, 1.54) is 11.1 Å². The predicted octanol–water partition coefficient (Wildman–Crippen LogP) is 3.07. The van der Waals surface area contributed by atoms with Crippen molar-refractivity contribution in [3.8, 4) is 0 Å². The Morgan fingerprint density at radius 3 is 2.79 bits per heavy atom. The lowest BCUT2D eigenvalue weighted by Crippen LogP contribution is -2.31. The molecule has 0 fully saturated rings. The maximum atomic E-state index is 11.4. The van der Waals surface area contributed by atoms with E-state index in [0.29, 0.717) is 11.8 Å². The monoisotopic (exact) mass is 253 g/mol. The molecule has 0 radical (unpaired) electrons. The zero-order valence-corrected chi connectivity index (χ0v) is 11.2. The number of nitrogens with one attached hydrogen (secondary N) is 1. The number of hydrogen-bond donors (Lipinski definition) is 1. The first-order chi connectivity index (χ1) is 9.25. The van der Waals surface area contributed by atoms with Crippen LogP contribution in [-0.2, 0) is 4.79 Å². The second-order valence-corrected chi connectivity index (χ2v) is 5.41. The van der Waals surface area contributed by atoms with Crippen LogP contribution < -0.4 is 5.32 Å². The molecule has 0 spiro atoms. The summed E-state index contributed by atoms with van der Waals surface area (Å²) in [6.07, 6.45) is 17.0. The van der Waals surface area contributed by atoms with Crippen molar-refractivity contribution in [3.05, 3.63) is 59.4 Å². The van der Waals surface area contributed by atoms with Crippen LogP contribution in [0.2, 0.25) is 0 Å². The fourth-order valence-corrected chi connectivity index (χ4v) is 3.06. The van der Waals surface area contributed by atoms with E-state index >= 15 is 0 Å². The highest BCUT2D eigenvalue weighted by atomic mass is 16.1. The number of Topliss-reactive ketones (excluding diaryl/α,β-unsaturated/α-hetero) is 1. The first-order valence-electron chi connectivity index (χ1n) is 6.95. The molecule has 0 bridgehead atoms. The molecule has 2 atom stereocenters. The molecular formula is C17H19NO. The Bertz CT molecular complexity index is 546. The van der Waals surface area contributed by atoms with Gasteiger partial charge in [0, 0.05) is 24.6 Å². The number of hydrogen-bond acceptors (Lipinski definition) is 2. The van der Waals surface area contributed by atoms with Gasteiger partial charge in [-0.05, 0) is 36.5 Å². The average Bonchev–Trinajstić information content (AvgIpc) is 2.47. The Morgan fingerprint density at radius 1 is 1.21 bits per heavy atom. The Morgan fingerprint density at radius 2 is 2.05 bits per heavy atom. The molecule has 0 amide bonds. The summed E-state index contributed by atoms with van der Waals surface area (Å²) in [7, 11) is 0. The largest absolute Gasteiger partial charge is 0.390 e. The van der Waals surface area contributed by atoms with Gasteiger partial charge in [0.25, 0.3) is 0 Å². The smallest absolute Gasteiger partial charge is 0.155 e. The molecule has 19 heavy (non-hydrogen) atoms. The van der Waals surface area contributed by atoms with Gasteiger partial charge in [0.05, 0.1) is 0 Å². The fraction of sp³-hybridized carbons (Fsp3) is 0.353. The summed E-state index contributed by atoms with van der Waals surface area (Å²) in [5.74, 6) is 1.25. The molecule has 1 N–H and O–H groups in total. The fourth-order valence-electron chi connectivity index (χ4n) is 3.06. The average molecular weight is 253 g/mol. The minimum atomic E-state index is 0.199. The first-order valence-corrected chi connectivity index (χ1v) is 6.95. The van der Waals surface area contributed by atoms with Crippen LogP contribution in [0.1, 0.15) is 19.8 Å². The maximum Gasteiger partial charge on any atom is 0.155 e. The minimum absolute atomic E-state index is 0.199. The van der Waals surface area contributed by atoms with Gasteiger partial charge in [0.2, 0.25) is 0 Å². The van der Waals surface area contributed by atoms with Gasteiger partial charge in [-0.15, -0.1) is 0 Å². The van der Waals surface area contributed by atoms with Crippen molar-refractivity contribution in [2.45, 2.75) is 19.8 Å². The van der Waals surface area contributed by atoms with Gasteiger partial charge in [0.1, 0.15) is 0 Å². The normalized spacial score (nSPS) is 28.8. The number of fused-ring (bicyclic) bond motifs is 1. The summed E-state index contributed by atoms with van der Waals surface area (Å²) in [6, 6.07) is 0. The molecule has 0 saturated heterocycles. The highest BCUT2D eigenvalue weighted by Gasteiger charge is 2.27. The third-order valence-electron chi connectivity index (χ3n) is 4.19. The van der Waals surface area contributed by atoms with Crippen molar-refractivity contribution < 1.29 is 4.79 Å². The van der Waals surface area contributed by atoms with Gasteiger partial charge in [-0.3, -0.25) is 4.79 Å². The molecule has 0 aromatic rings. The molecule has 1 heterocycles. The van der Waals surface area contributed by atoms with Gasteiger partial charge < -0.3 is 5.32 Å². The van der Waals surface area contributed by atoms with Gasteiger partial charge >= 0.3 is 0 Å². The van der Waals surface area contributed by atoms with E-state index in [1.54, 1.807) is 6.92 Å². The van der Waals surface area contributed by atoms with Crippen LogP contribution in [-0.4, -0.2) is 12.3 Å². The second-order valence-electron chi connectivity index (χ2n) is 5.41. The van der Waals surface area contributed by atoms with E-state index in [1.807, 2.05) is 6.08 Å². The lowest BCUT2D eigenvalue weighted by Gasteiger charge is -2.33. The zero-order chi connectivity index (χ0) is 13.2. The lowest BCUT2D eigenvalue weighted by atomic mass is 9.76. The Balaban J connectivity index is 1.87. The van der Waals surface area contributed by atoms with Gasteiger partial charge in [-0.25, -0.2) is 0 Å². The van der Waals surface area contributed by atoms with E-state index in [-0.39, 0.29) is 5.78 Å². The molecule has 3 rings (SSSR count). The molecule has 2 unspecified atom stereocenters. The quantitative estimate of drug-likeness (QED) is 0.819. The van der Waals surface area contributed by atoms with Crippen molar-refractivity contribution >= 4 is 5.78 Å². The molecule has 2 aliphatic carbocycles. The van der Waals surface area contributed by atoms with E-state index < -0.39 is 0 Å².